The van der Waals surface area contributed by atoms with Crippen molar-refractivity contribution in [2.24, 2.45) is 7.05 Å². The number of carbonyl (C=O) groups excluding carboxylic acids is 1. The van der Waals surface area contributed by atoms with Gasteiger partial charge in [-0.05, 0) is 0 Å². The number of fused-ring (bicyclic) bond motifs is 1. The van der Waals surface area contributed by atoms with Gasteiger partial charge in [-0.1, -0.05) is 47.3 Å². The first kappa shape index (κ1) is 12.7. The van der Waals surface area contributed by atoms with Crippen LogP contribution < -0.4 is 0 Å². The molecule has 3 rings (SSSR count). The molecule has 0 unspecified atom stereocenters. The Labute approximate surface area is 119 Å². The Morgan fingerprint density at radius 3 is 2.85 bits per heavy atom. The lowest BCUT2D eigenvalue weighted by atomic mass is 10.2. The molecule has 0 bridgehead atoms. The van der Waals surface area contributed by atoms with E-state index in [9.17, 15) is 4.79 Å². The summed E-state index contributed by atoms with van der Waals surface area (Å²) in [7, 11) is 1.77. The second-order valence-electron chi connectivity index (χ2n) is 4.14. The van der Waals surface area contributed by atoms with Crippen LogP contribution in [0.2, 0.25) is 0 Å². The summed E-state index contributed by atoms with van der Waals surface area (Å²) in [6.07, 6.45) is 1.46. The number of rotatable bonds is 4. The van der Waals surface area contributed by atoms with Crippen LogP contribution in [0.15, 0.2) is 41.7 Å². The van der Waals surface area contributed by atoms with Gasteiger partial charge in [-0.25, -0.2) is 14.6 Å². The minimum absolute atomic E-state index is 0.0613. The van der Waals surface area contributed by atoms with E-state index >= 15 is 0 Å². The van der Waals surface area contributed by atoms with Gasteiger partial charge in [-0.15, -0.1) is 5.10 Å². The molecule has 0 N–H and O–H groups in total. The van der Waals surface area contributed by atoms with Crippen molar-refractivity contribution in [1.29, 1.82) is 0 Å². The summed E-state index contributed by atoms with van der Waals surface area (Å²) in [5.41, 5.74) is 1.99. The summed E-state index contributed by atoms with van der Waals surface area (Å²) in [6, 6.07) is 9.20. The lowest BCUT2D eigenvalue weighted by Gasteiger charge is -2.01. The number of aromatic nitrogens is 5. The van der Waals surface area contributed by atoms with Gasteiger partial charge < -0.3 is 0 Å². The van der Waals surface area contributed by atoms with Crippen molar-refractivity contribution in [2.75, 3.05) is 5.75 Å². The monoisotopic (exact) mass is 285 g/mol. The van der Waals surface area contributed by atoms with E-state index in [1.165, 1.54) is 18.1 Å². The second-order valence-corrected chi connectivity index (χ2v) is 5.11. The van der Waals surface area contributed by atoms with Crippen LogP contribution in [0.1, 0.15) is 10.4 Å². The summed E-state index contributed by atoms with van der Waals surface area (Å²) in [4.78, 5) is 20.3. The first-order valence-corrected chi connectivity index (χ1v) is 6.95. The summed E-state index contributed by atoms with van der Waals surface area (Å²) in [6.45, 7) is 0. The fraction of sp³-hybridized carbons (Fsp3) is 0.154. The molecule has 3 aromatic rings. The first-order chi connectivity index (χ1) is 9.75. The fourth-order valence-electron chi connectivity index (χ4n) is 1.78. The Balaban J connectivity index is 1.79. The molecular weight excluding hydrogens is 274 g/mol. The van der Waals surface area contributed by atoms with Gasteiger partial charge in [0.15, 0.2) is 16.9 Å². The molecule has 0 aliphatic heterocycles. The third-order valence-corrected chi connectivity index (χ3v) is 3.77. The summed E-state index contributed by atoms with van der Waals surface area (Å²) in [5.74, 6) is 0.374. The zero-order valence-electron chi connectivity index (χ0n) is 10.7. The van der Waals surface area contributed by atoms with Gasteiger partial charge in [0.05, 0.1) is 5.75 Å². The van der Waals surface area contributed by atoms with Gasteiger partial charge in [0, 0.05) is 12.6 Å². The number of hydrogen-bond acceptors (Lipinski definition) is 6. The van der Waals surface area contributed by atoms with Crippen LogP contribution in [0.5, 0.6) is 0 Å². The number of benzene rings is 1. The van der Waals surface area contributed by atoms with Gasteiger partial charge in [0.1, 0.15) is 11.4 Å². The SMILES string of the molecule is Cn1nnc2c(SCC(=O)c3ccccc3)ncnc21. The molecule has 0 fully saturated rings. The maximum absolute atomic E-state index is 12.1. The normalized spacial score (nSPS) is 10.8. The average molecular weight is 285 g/mol. The molecule has 6 nitrogen and oxygen atoms in total. The molecule has 0 saturated heterocycles. The molecule has 0 spiro atoms. The van der Waals surface area contributed by atoms with Gasteiger partial charge in [-0.2, -0.15) is 0 Å². The standard InChI is InChI=1S/C13H11N5OS/c1-18-12-11(16-17-18)13(15-8-14-12)20-7-10(19)9-5-3-2-4-6-9/h2-6,8H,7H2,1H3. The van der Waals surface area contributed by atoms with Crippen LogP contribution in [0.25, 0.3) is 11.2 Å². The van der Waals surface area contributed by atoms with Crippen molar-refractivity contribution >= 4 is 28.7 Å². The van der Waals surface area contributed by atoms with Crippen LogP contribution >= 0.6 is 11.8 Å². The Kier molecular flexibility index (Phi) is 3.42. The molecule has 0 aliphatic carbocycles. The third-order valence-electron chi connectivity index (χ3n) is 2.79. The number of Topliss-reactive ketones (excluding diaryl/α,β-unsaturated/α-hetero) is 1. The van der Waals surface area contributed by atoms with Crippen LogP contribution in [0.4, 0.5) is 0 Å². The lowest BCUT2D eigenvalue weighted by Crippen LogP contribution is -2.02. The van der Waals surface area contributed by atoms with E-state index in [1.807, 2.05) is 18.2 Å². The summed E-state index contributed by atoms with van der Waals surface area (Å²) >= 11 is 1.35. The van der Waals surface area contributed by atoms with E-state index in [2.05, 4.69) is 20.3 Å². The Morgan fingerprint density at radius 1 is 1.25 bits per heavy atom. The largest absolute Gasteiger partial charge is 0.293 e. The number of ketones is 1. The van der Waals surface area contributed by atoms with Crippen molar-refractivity contribution < 1.29 is 4.79 Å². The highest BCUT2D eigenvalue weighted by Crippen LogP contribution is 2.22. The number of aryl methyl sites for hydroxylation is 1. The van der Waals surface area contributed by atoms with Crippen LogP contribution in [-0.2, 0) is 7.05 Å². The van der Waals surface area contributed by atoms with Crippen molar-refractivity contribution in [2.45, 2.75) is 5.03 Å². The predicted octanol–water partition coefficient (Wildman–Crippen LogP) is 1.73. The maximum Gasteiger partial charge on any atom is 0.182 e. The lowest BCUT2D eigenvalue weighted by molar-refractivity contribution is 0.102. The minimum Gasteiger partial charge on any atom is -0.293 e. The maximum atomic E-state index is 12.1. The summed E-state index contributed by atoms with van der Waals surface area (Å²) < 4.78 is 1.58. The summed E-state index contributed by atoms with van der Waals surface area (Å²) in [5, 5.41) is 8.61. The molecule has 0 aliphatic rings. The molecule has 0 saturated carbocycles. The molecule has 0 atom stereocenters. The highest BCUT2D eigenvalue weighted by atomic mass is 32.2. The topological polar surface area (TPSA) is 73.6 Å². The third kappa shape index (κ3) is 2.39. The molecule has 0 radical (unpaired) electrons. The van der Waals surface area contributed by atoms with E-state index in [0.717, 1.165) is 0 Å². The van der Waals surface area contributed by atoms with Crippen molar-refractivity contribution in [3.05, 3.63) is 42.2 Å². The molecule has 1 aromatic carbocycles. The molecule has 2 heterocycles. The van der Waals surface area contributed by atoms with E-state index in [-0.39, 0.29) is 5.78 Å². The van der Waals surface area contributed by atoms with Crippen LogP contribution in [-0.4, -0.2) is 36.5 Å². The minimum atomic E-state index is 0.0613. The van der Waals surface area contributed by atoms with Gasteiger partial charge in [0.2, 0.25) is 0 Å². The molecule has 2 aromatic heterocycles. The number of hydrogen-bond donors (Lipinski definition) is 0. The van der Waals surface area contributed by atoms with E-state index in [4.69, 9.17) is 0 Å². The smallest absolute Gasteiger partial charge is 0.182 e. The van der Waals surface area contributed by atoms with Gasteiger partial charge >= 0.3 is 0 Å². The van der Waals surface area contributed by atoms with Gasteiger partial charge in [-0.3, -0.25) is 4.79 Å². The van der Waals surface area contributed by atoms with Crippen LogP contribution in [0, 0.1) is 0 Å². The Morgan fingerprint density at radius 2 is 2.05 bits per heavy atom. The average Bonchev–Trinajstić information content (AvgIpc) is 2.88. The molecular formula is C13H11N5OS. The Bertz CT molecular complexity index is 756. The molecule has 0 amide bonds. The molecule has 7 heteroatoms. The number of carbonyl (C=O) groups is 1. The molecule has 100 valence electrons. The van der Waals surface area contributed by atoms with E-state index in [1.54, 1.807) is 23.9 Å². The van der Waals surface area contributed by atoms with E-state index < -0.39 is 0 Å². The predicted molar refractivity (Wildman–Crippen MR) is 75.6 cm³/mol. The first-order valence-electron chi connectivity index (χ1n) is 5.97. The molecule has 20 heavy (non-hydrogen) atoms. The van der Waals surface area contributed by atoms with Crippen molar-refractivity contribution in [3.63, 3.8) is 0 Å². The highest BCUT2D eigenvalue weighted by Gasteiger charge is 2.12. The quantitative estimate of drug-likeness (QED) is 0.413. The van der Waals surface area contributed by atoms with Crippen LogP contribution in [0.3, 0.4) is 0 Å². The highest BCUT2D eigenvalue weighted by molar-refractivity contribution is 8.00. The van der Waals surface area contributed by atoms with Gasteiger partial charge in [0.25, 0.3) is 0 Å². The van der Waals surface area contributed by atoms with Crippen molar-refractivity contribution in [3.8, 4) is 0 Å². The fourth-order valence-corrected chi connectivity index (χ4v) is 2.60. The number of nitrogens with zero attached hydrogens (tertiary/aromatic N) is 5. The Hall–Kier alpha value is -2.28. The van der Waals surface area contributed by atoms with E-state index in [0.29, 0.717) is 27.5 Å². The second kappa shape index (κ2) is 5.38. The zero-order valence-corrected chi connectivity index (χ0v) is 11.5. The zero-order chi connectivity index (χ0) is 13.9. The number of thioether (sulfide) groups is 1. The van der Waals surface area contributed by atoms with Crippen molar-refractivity contribution in [1.82, 2.24) is 25.0 Å².